The molecule has 6 nitrogen and oxygen atoms in total. The van der Waals surface area contributed by atoms with Gasteiger partial charge in [-0.3, -0.25) is 4.79 Å². The van der Waals surface area contributed by atoms with E-state index in [-0.39, 0.29) is 30.7 Å². The number of likely N-dealkylation sites (N-methyl/N-ethyl adjacent to an activating group) is 1. The van der Waals surface area contributed by atoms with E-state index in [0.717, 1.165) is 76.0 Å². The average molecular weight is 430 g/mol. The maximum atomic E-state index is 12.9. The summed E-state index contributed by atoms with van der Waals surface area (Å²) >= 11 is 0. The minimum atomic E-state index is 0. The molecule has 3 fully saturated rings. The standard InChI is InChI=1S/C20H31N5O.2ClH/c1-23-10-12-24(13-11-23)19-14-17(4-7-21-19)20(26)25-8-5-18(6-9-25)22-15-16-2-3-16;;/h4,7,14,16,18,22H,2-3,5-6,8-13,15H2,1H3;2*1H. The second-order valence-electron chi connectivity index (χ2n) is 8.11. The van der Waals surface area contributed by atoms with Crippen LogP contribution in [0.15, 0.2) is 18.3 Å². The van der Waals surface area contributed by atoms with Crippen LogP contribution in [-0.4, -0.2) is 79.6 Å². The summed E-state index contributed by atoms with van der Waals surface area (Å²) in [6.45, 7) is 6.90. The average Bonchev–Trinajstić information content (AvgIpc) is 3.51. The Morgan fingerprint density at radius 2 is 1.75 bits per heavy atom. The summed E-state index contributed by atoms with van der Waals surface area (Å²) in [4.78, 5) is 24.0. The van der Waals surface area contributed by atoms with Gasteiger partial charge in [-0.05, 0) is 57.3 Å². The van der Waals surface area contributed by atoms with Crippen LogP contribution in [0.3, 0.4) is 0 Å². The molecule has 1 aromatic rings. The summed E-state index contributed by atoms with van der Waals surface area (Å²) in [6.07, 6.45) is 6.69. The zero-order valence-corrected chi connectivity index (χ0v) is 18.3. The van der Waals surface area contributed by atoms with Gasteiger partial charge < -0.3 is 20.0 Å². The minimum Gasteiger partial charge on any atom is -0.354 e. The van der Waals surface area contributed by atoms with Gasteiger partial charge in [0, 0.05) is 57.1 Å². The second kappa shape index (κ2) is 10.6. The van der Waals surface area contributed by atoms with Gasteiger partial charge >= 0.3 is 0 Å². The van der Waals surface area contributed by atoms with E-state index in [0.29, 0.717) is 6.04 Å². The van der Waals surface area contributed by atoms with Crippen LogP contribution in [0, 0.1) is 5.92 Å². The normalized spacial score (nSPS) is 21.0. The molecule has 3 heterocycles. The van der Waals surface area contributed by atoms with E-state index < -0.39 is 0 Å². The second-order valence-corrected chi connectivity index (χ2v) is 8.11. The monoisotopic (exact) mass is 429 g/mol. The van der Waals surface area contributed by atoms with Crippen molar-refractivity contribution < 1.29 is 4.79 Å². The number of aromatic nitrogens is 1. The van der Waals surface area contributed by atoms with Gasteiger partial charge in [-0.25, -0.2) is 4.98 Å². The first kappa shape index (κ1) is 23.2. The molecule has 0 spiro atoms. The van der Waals surface area contributed by atoms with Crippen molar-refractivity contribution in [1.29, 1.82) is 0 Å². The highest BCUT2D eigenvalue weighted by Gasteiger charge is 2.27. The third kappa shape index (κ3) is 5.96. The molecule has 2 aliphatic heterocycles. The van der Waals surface area contributed by atoms with Crippen LogP contribution in [0.4, 0.5) is 5.82 Å². The van der Waals surface area contributed by atoms with E-state index in [2.05, 4.69) is 27.1 Å². The van der Waals surface area contributed by atoms with Crippen molar-refractivity contribution >= 4 is 36.5 Å². The van der Waals surface area contributed by atoms with Crippen molar-refractivity contribution in [2.45, 2.75) is 31.7 Å². The Hall–Kier alpha value is -1.08. The number of rotatable bonds is 5. The third-order valence-electron chi connectivity index (χ3n) is 5.99. The van der Waals surface area contributed by atoms with E-state index in [1.165, 1.54) is 12.8 Å². The Morgan fingerprint density at radius 1 is 1.07 bits per heavy atom. The zero-order chi connectivity index (χ0) is 17.9. The first-order chi connectivity index (χ1) is 12.7. The lowest BCUT2D eigenvalue weighted by molar-refractivity contribution is 0.0705. The molecule has 4 rings (SSSR count). The number of piperazine rings is 1. The topological polar surface area (TPSA) is 51.7 Å². The van der Waals surface area contributed by atoms with Crippen LogP contribution in [-0.2, 0) is 0 Å². The van der Waals surface area contributed by atoms with Crippen molar-refractivity contribution in [2.75, 3.05) is 57.8 Å². The van der Waals surface area contributed by atoms with Crippen molar-refractivity contribution in [3.05, 3.63) is 23.9 Å². The SMILES string of the molecule is CN1CCN(c2cc(C(=O)N3CCC(NCC4CC4)CC3)ccn2)CC1.Cl.Cl. The number of amides is 1. The molecule has 28 heavy (non-hydrogen) atoms. The fraction of sp³-hybridized carbons (Fsp3) is 0.700. The Bertz CT molecular complexity index is 627. The molecule has 0 aromatic carbocycles. The predicted molar refractivity (Wildman–Crippen MR) is 118 cm³/mol. The minimum absolute atomic E-state index is 0. The van der Waals surface area contributed by atoms with Crippen LogP contribution >= 0.6 is 24.8 Å². The van der Waals surface area contributed by atoms with Crippen LogP contribution in [0.25, 0.3) is 0 Å². The summed E-state index contributed by atoms with van der Waals surface area (Å²) in [5.41, 5.74) is 0.776. The summed E-state index contributed by atoms with van der Waals surface area (Å²) in [7, 11) is 2.15. The Balaban J connectivity index is 0.00000140. The first-order valence-electron chi connectivity index (χ1n) is 10.1. The van der Waals surface area contributed by atoms with Crippen molar-refractivity contribution in [1.82, 2.24) is 20.1 Å². The Morgan fingerprint density at radius 3 is 2.39 bits per heavy atom. The highest BCUT2D eigenvalue weighted by Crippen LogP contribution is 2.28. The van der Waals surface area contributed by atoms with Crippen molar-refractivity contribution in [3.8, 4) is 0 Å². The number of halogens is 2. The number of carbonyl (C=O) groups is 1. The lowest BCUT2D eigenvalue weighted by Crippen LogP contribution is -2.46. The highest BCUT2D eigenvalue weighted by molar-refractivity contribution is 5.95. The Kier molecular flexibility index (Phi) is 8.81. The number of anilines is 1. The number of hydrogen-bond acceptors (Lipinski definition) is 5. The number of nitrogens with zero attached hydrogens (tertiary/aromatic N) is 4. The molecule has 1 saturated carbocycles. The van der Waals surface area contributed by atoms with Crippen LogP contribution < -0.4 is 10.2 Å². The molecule has 158 valence electrons. The molecule has 2 saturated heterocycles. The number of carbonyl (C=O) groups excluding carboxylic acids is 1. The summed E-state index contributed by atoms with van der Waals surface area (Å²) < 4.78 is 0. The van der Waals surface area contributed by atoms with Gasteiger partial charge in [0.05, 0.1) is 0 Å². The van der Waals surface area contributed by atoms with Gasteiger partial charge in [0.25, 0.3) is 5.91 Å². The molecule has 8 heteroatoms. The fourth-order valence-corrected chi connectivity index (χ4v) is 3.88. The van der Waals surface area contributed by atoms with E-state index in [4.69, 9.17) is 0 Å². The van der Waals surface area contributed by atoms with Gasteiger partial charge in [-0.2, -0.15) is 0 Å². The lowest BCUT2D eigenvalue weighted by atomic mass is 10.0. The quantitative estimate of drug-likeness (QED) is 0.777. The molecule has 3 aliphatic rings. The van der Waals surface area contributed by atoms with Crippen LogP contribution in [0.1, 0.15) is 36.0 Å². The van der Waals surface area contributed by atoms with Gasteiger partial charge in [-0.1, -0.05) is 0 Å². The van der Waals surface area contributed by atoms with Crippen LogP contribution in [0.2, 0.25) is 0 Å². The highest BCUT2D eigenvalue weighted by atomic mass is 35.5. The zero-order valence-electron chi connectivity index (χ0n) is 16.7. The third-order valence-corrected chi connectivity index (χ3v) is 5.99. The number of nitrogens with one attached hydrogen (secondary N) is 1. The molecule has 0 atom stereocenters. The lowest BCUT2D eigenvalue weighted by Gasteiger charge is -2.34. The van der Waals surface area contributed by atoms with Gasteiger partial charge in [0.1, 0.15) is 5.82 Å². The van der Waals surface area contributed by atoms with E-state index in [1.807, 2.05) is 17.0 Å². The predicted octanol–water partition coefficient (Wildman–Crippen LogP) is 2.28. The molecule has 1 N–H and O–H groups in total. The maximum absolute atomic E-state index is 12.9. The van der Waals surface area contributed by atoms with Crippen molar-refractivity contribution in [3.63, 3.8) is 0 Å². The molecule has 0 bridgehead atoms. The largest absolute Gasteiger partial charge is 0.354 e. The van der Waals surface area contributed by atoms with Crippen LogP contribution in [0.5, 0.6) is 0 Å². The number of hydrogen-bond donors (Lipinski definition) is 1. The van der Waals surface area contributed by atoms with Gasteiger partial charge in [0.2, 0.25) is 0 Å². The number of piperidine rings is 1. The van der Waals surface area contributed by atoms with Crippen molar-refractivity contribution in [2.24, 2.45) is 5.92 Å². The molecule has 0 radical (unpaired) electrons. The smallest absolute Gasteiger partial charge is 0.254 e. The molecule has 1 aromatic heterocycles. The molecular weight excluding hydrogens is 397 g/mol. The summed E-state index contributed by atoms with van der Waals surface area (Å²) in [6, 6.07) is 4.42. The van der Waals surface area contributed by atoms with E-state index in [9.17, 15) is 4.79 Å². The van der Waals surface area contributed by atoms with E-state index in [1.54, 1.807) is 6.20 Å². The maximum Gasteiger partial charge on any atom is 0.254 e. The van der Waals surface area contributed by atoms with E-state index >= 15 is 0 Å². The summed E-state index contributed by atoms with van der Waals surface area (Å²) in [5.74, 6) is 2.01. The number of likely N-dealkylation sites (tertiary alicyclic amines) is 1. The molecule has 1 aliphatic carbocycles. The molecule has 0 unspecified atom stereocenters. The fourth-order valence-electron chi connectivity index (χ4n) is 3.88. The first-order valence-corrected chi connectivity index (χ1v) is 10.1. The van der Waals surface area contributed by atoms with Gasteiger partial charge in [0.15, 0.2) is 0 Å². The molecular formula is C20H33Cl2N5O. The molecule has 1 amide bonds. The van der Waals surface area contributed by atoms with Gasteiger partial charge in [-0.15, -0.1) is 24.8 Å². The number of pyridine rings is 1. The summed E-state index contributed by atoms with van der Waals surface area (Å²) in [5, 5.41) is 3.68. The Labute approximate surface area is 180 Å².